The molecule has 0 aliphatic rings. The number of benzene rings is 2. The van der Waals surface area contributed by atoms with Gasteiger partial charge in [0.15, 0.2) is 6.29 Å². The van der Waals surface area contributed by atoms with Crippen LogP contribution in [0.5, 0.6) is 5.75 Å². The number of ether oxygens (including phenoxy) is 1. The summed E-state index contributed by atoms with van der Waals surface area (Å²) in [6.07, 6.45) is 2.16. The van der Waals surface area contributed by atoms with E-state index in [1.807, 2.05) is 6.07 Å². The summed E-state index contributed by atoms with van der Waals surface area (Å²) in [7, 11) is 1.49. The van der Waals surface area contributed by atoms with Gasteiger partial charge >= 0.3 is 0 Å². The molecule has 1 aromatic heterocycles. The fraction of sp³-hybridized carbons (Fsp3) is 0.0625. The van der Waals surface area contributed by atoms with Crippen LogP contribution < -0.4 is 10.3 Å². The molecular formula is C16H12N2O3. The molecule has 0 saturated heterocycles. The molecular weight excluding hydrogens is 268 g/mol. The molecule has 3 aromatic rings. The molecule has 0 amide bonds. The average Bonchev–Trinajstić information content (AvgIpc) is 2.55. The van der Waals surface area contributed by atoms with Crippen LogP contribution >= 0.6 is 0 Å². The maximum absolute atomic E-state index is 12.5. The van der Waals surface area contributed by atoms with Crippen LogP contribution in [-0.4, -0.2) is 22.9 Å². The van der Waals surface area contributed by atoms with Gasteiger partial charge in [-0.15, -0.1) is 0 Å². The Morgan fingerprint density at radius 3 is 2.76 bits per heavy atom. The van der Waals surface area contributed by atoms with Crippen LogP contribution in [-0.2, 0) is 0 Å². The van der Waals surface area contributed by atoms with Gasteiger partial charge in [0, 0.05) is 0 Å². The Bertz CT molecular complexity index is 884. The van der Waals surface area contributed by atoms with Crippen LogP contribution in [0.1, 0.15) is 10.4 Å². The van der Waals surface area contributed by atoms with Crippen molar-refractivity contribution in [2.24, 2.45) is 0 Å². The minimum atomic E-state index is -0.178. The Balaban J connectivity index is 2.23. The zero-order valence-electron chi connectivity index (χ0n) is 11.3. The topological polar surface area (TPSA) is 61.2 Å². The van der Waals surface area contributed by atoms with Crippen molar-refractivity contribution in [3.63, 3.8) is 0 Å². The molecule has 0 unspecified atom stereocenters. The molecule has 3 rings (SSSR count). The van der Waals surface area contributed by atoms with Crippen LogP contribution in [0.4, 0.5) is 0 Å². The summed E-state index contributed by atoms with van der Waals surface area (Å²) < 4.78 is 6.50. The maximum atomic E-state index is 12.5. The Morgan fingerprint density at radius 2 is 2.00 bits per heavy atom. The molecule has 0 bridgehead atoms. The number of aromatic nitrogens is 2. The van der Waals surface area contributed by atoms with E-state index in [-0.39, 0.29) is 5.56 Å². The number of hydrogen-bond donors (Lipinski definition) is 0. The van der Waals surface area contributed by atoms with E-state index in [0.717, 1.165) is 0 Å². The molecule has 0 saturated carbocycles. The number of fused-ring (bicyclic) bond motifs is 1. The SMILES string of the molecule is COc1ccc(-n2cnc3ccccc3c2=O)cc1C=O. The lowest BCUT2D eigenvalue weighted by Gasteiger charge is -2.09. The summed E-state index contributed by atoms with van der Waals surface area (Å²) in [6.45, 7) is 0. The van der Waals surface area contributed by atoms with Crippen molar-refractivity contribution in [3.05, 3.63) is 64.7 Å². The quantitative estimate of drug-likeness (QED) is 0.690. The summed E-state index contributed by atoms with van der Waals surface area (Å²) >= 11 is 0. The Kier molecular flexibility index (Phi) is 3.23. The fourth-order valence-electron chi connectivity index (χ4n) is 2.22. The van der Waals surface area contributed by atoms with Crippen LogP contribution in [0, 0.1) is 0 Å². The van der Waals surface area contributed by atoms with Gasteiger partial charge in [0.25, 0.3) is 5.56 Å². The van der Waals surface area contributed by atoms with E-state index in [1.54, 1.807) is 36.4 Å². The number of carbonyl (C=O) groups is 1. The summed E-state index contributed by atoms with van der Waals surface area (Å²) in [6, 6.07) is 12.1. The normalized spacial score (nSPS) is 10.5. The predicted octanol–water partition coefficient (Wildman–Crippen LogP) is 2.21. The van der Waals surface area contributed by atoms with Crippen molar-refractivity contribution in [2.75, 3.05) is 7.11 Å². The van der Waals surface area contributed by atoms with Crippen molar-refractivity contribution in [2.45, 2.75) is 0 Å². The first-order valence-corrected chi connectivity index (χ1v) is 6.34. The Hall–Kier alpha value is -2.95. The van der Waals surface area contributed by atoms with E-state index in [2.05, 4.69) is 4.98 Å². The molecule has 104 valence electrons. The molecule has 0 aliphatic heterocycles. The van der Waals surface area contributed by atoms with E-state index in [4.69, 9.17) is 4.74 Å². The molecule has 0 fully saturated rings. The van der Waals surface area contributed by atoms with Gasteiger partial charge in [-0.1, -0.05) is 12.1 Å². The molecule has 1 heterocycles. The van der Waals surface area contributed by atoms with Crippen molar-refractivity contribution < 1.29 is 9.53 Å². The lowest BCUT2D eigenvalue weighted by atomic mass is 10.2. The third kappa shape index (κ3) is 2.18. The van der Waals surface area contributed by atoms with Crippen LogP contribution in [0.2, 0.25) is 0 Å². The Labute approximate surface area is 120 Å². The molecule has 0 atom stereocenters. The molecule has 0 spiro atoms. The van der Waals surface area contributed by atoms with Gasteiger partial charge in [-0.3, -0.25) is 14.2 Å². The van der Waals surface area contributed by atoms with Crippen LogP contribution in [0.25, 0.3) is 16.6 Å². The molecule has 2 aromatic carbocycles. The third-order valence-corrected chi connectivity index (χ3v) is 3.28. The van der Waals surface area contributed by atoms with E-state index in [9.17, 15) is 9.59 Å². The molecule has 0 radical (unpaired) electrons. The number of rotatable bonds is 3. The molecule has 0 aliphatic carbocycles. The zero-order chi connectivity index (χ0) is 14.8. The first-order chi connectivity index (χ1) is 10.2. The molecule has 0 N–H and O–H groups in total. The predicted molar refractivity (Wildman–Crippen MR) is 79.3 cm³/mol. The van der Waals surface area contributed by atoms with E-state index in [1.165, 1.54) is 18.0 Å². The monoisotopic (exact) mass is 280 g/mol. The minimum absolute atomic E-state index is 0.178. The lowest BCUT2D eigenvalue weighted by Crippen LogP contribution is -2.18. The highest BCUT2D eigenvalue weighted by molar-refractivity contribution is 5.81. The fourth-order valence-corrected chi connectivity index (χ4v) is 2.22. The van der Waals surface area contributed by atoms with Crippen LogP contribution in [0.3, 0.4) is 0 Å². The Morgan fingerprint density at radius 1 is 1.19 bits per heavy atom. The number of hydrogen-bond acceptors (Lipinski definition) is 4. The number of carbonyl (C=O) groups excluding carboxylic acids is 1. The van der Waals surface area contributed by atoms with Gasteiger partial charge in [-0.25, -0.2) is 4.98 Å². The maximum Gasteiger partial charge on any atom is 0.265 e. The van der Waals surface area contributed by atoms with Gasteiger partial charge in [-0.2, -0.15) is 0 Å². The molecule has 21 heavy (non-hydrogen) atoms. The van der Waals surface area contributed by atoms with Gasteiger partial charge in [0.05, 0.1) is 29.3 Å². The van der Waals surface area contributed by atoms with Crippen molar-refractivity contribution in [1.29, 1.82) is 0 Å². The lowest BCUT2D eigenvalue weighted by molar-refractivity contribution is 0.112. The number of nitrogens with zero attached hydrogens (tertiary/aromatic N) is 2. The number of methoxy groups -OCH3 is 1. The van der Waals surface area contributed by atoms with Crippen LogP contribution in [0.15, 0.2) is 53.6 Å². The second kappa shape index (κ2) is 5.20. The van der Waals surface area contributed by atoms with Crippen molar-refractivity contribution >= 4 is 17.2 Å². The van der Waals surface area contributed by atoms with Gasteiger partial charge in [-0.05, 0) is 30.3 Å². The first-order valence-electron chi connectivity index (χ1n) is 6.34. The standard InChI is InChI=1S/C16H12N2O3/c1-21-15-7-6-12(8-11(15)9-19)18-10-17-14-5-3-2-4-13(14)16(18)20/h2-10H,1H3. The summed E-state index contributed by atoms with van der Waals surface area (Å²) in [5.74, 6) is 0.468. The van der Waals surface area contributed by atoms with Gasteiger partial charge in [0.1, 0.15) is 12.1 Å². The van der Waals surface area contributed by atoms with Crippen molar-refractivity contribution in [1.82, 2.24) is 9.55 Å². The molecule has 5 nitrogen and oxygen atoms in total. The van der Waals surface area contributed by atoms with Gasteiger partial charge in [0.2, 0.25) is 0 Å². The highest BCUT2D eigenvalue weighted by atomic mass is 16.5. The highest BCUT2D eigenvalue weighted by Crippen LogP contribution is 2.19. The van der Waals surface area contributed by atoms with Crippen molar-refractivity contribution in [3.8, 4) is 11.4 Å². The van der Waals surface area contributed by atoms with E-state index >= 15 is 0 Å². The highest BCUT2D eigenvalue weighted by Gasteiger charge is 2.08. The summed E-state index contributed by atoms with van der Waals surface area (Å²) in [4.78, 5) is 27.8. The minimum Gasteiger partial charge on any atom is -0.496 e. The van der Waals surface area contributed by atoms with E-state index in [0.29, 0.717) is 34.2 Å². The zero-order valence-corrected chi connectivity index (χ0v) is 11.3. The second-order valence-corrected chi connectivity index (χ2v) is 4.48. The number of aldehydes is 1. The smallest absolute Gasteiger partial charge is 0.265 e. The number of para-hydroxylation sites is 1. The third-order valence-electron chi connectivity index (χ3n) is 3.28. The largest absolute Gasteiger partial charge is 0.496 e. The first kappa shape index (κ1) is 13.1. The summed E-state index contributed by atoms with van der Waals surface area (Å²) in [5.41, 5.74) is 1.42. The second-order valence-electron chi connectivity index (χ2n) is 4.48. The average molecular weight is 280 g/mol. The summed E-state index contributed by atoms with van der Waals surface area (Å²) in [5, 5.41) is 0.531. The van der Waals surface area contributed by atoms with Gasteiger partial charge < -0.3 is 4.74 Å². The van der Waals surface area contributed by atoms with E-state index < -0.39 is 0 Å². The molecule has 5 heteroatoms.